The van der Waals surface area contributed by atoms with Crippen molar-refractivity contribution in [2.45, 2.75) is 77.7 Å². The summed E-state index contributed by atoms with van der Waals surface area (Å²) in [6, 6.07) is 10.3. The van der Waals surface area contributed by atoms with Crippen molar-refractivity contribution >= 4 is 11.9 Å². The number of allylic oxidation sites excluding steroid dienone is 2. The van der Waals surface area contributed by atoms with E-state index in [0.717, 1.165) is 43.9 Å². The van der Waals surface area contributed by atoms with Crippen LogP contribution in [0.3, 0.4) is 0 Å². The molecule has 0 spiro atoms. The smallest absolute Gasteiger partial charge is 0.140 e. The van der Waals surface area contributed by atoms with Gasteiger partial charge in [-0.05, 0) is 85.5 Å². The number of carbonyl (C=O) groups excluding carboxylic acids is 1. The number of hydrogen-bond acceptors (Lipinski definition) is 2. The molecule has 0 heterocycles. The van der Waals surface area contributed by atoms with Crippen molar-refractivity contribution in [1.82, 2.24) is 0 Å². The lowest BCUT2D eigenvalue weighted by Gasteiger charge is -2.58. The molecular formula is C29H38O2. The van der Waals surface area contributed by atoms with Gasteiger partial charge in [-0.2, -0.15) is 0 Å². The Morgan fingerprint density at radius 1 is 1.06 bits per heavy atom. The van der Waals surface area contributed by atoms with E-state index in [2.05, 4.69) is 44.2 Å². The Balaban J connectivity index is 1.31. The molecule has 0 aromatic heterocycles. The molecule has 1 N–H and O–H groups in total. The normalized spacial score (nSPS) is 41.9. The number of carbonyl (C=O) groups is 1. The molecule has 2 nitrogen and oxygen atoms in total. The second-order valence-corrected chi connectivity index (χ2v) is 11.3. The minimum atomic E-state index is -0.137. The maximum Gasteiger partial charge on any atom is 0.140 e. The van der Waals surface area contributed by atoms with E-state index in [0.29, 0.717) is 18.1 Å². The SMILES string of the molecule is CC12CCC(O)CC1=CCC1C2CCC2(C)C(C(=O)C/C=C/c3ccccc3)CCC12. The molecule has 0 bridgehead atoms. The van der Waals surface area contributed by atoms with Crippen LogP contribution in [0.2, 0.25) is 0 Å². The van der Waals surface area contributed by atoms with Gasteiger partial charge in [0.25, 0.3) is 0 Å². The fraction of sp³-hybridized carbons (Fsp3) is 0.621. The largest absolute Gasteiger partial charge is 0.393 e. The van der Waals surface area contributed by atoms with E-state index in [-0.39, 0.29) is 22.9 Å². The lowest BCUT2D eigenvalue weighted by atomic mass is 9.47. The van der Waals surface area contributed by atoms with E-state index in [1.807, 2.05) is 18.2 Å². The highest BCUT2D eigenvalue weighted by Crippen LogP contribution is 2.66. The van der Waals surface area contributed by atoms with Gasteiger partial charge in [0.15, 0.2) is 0 Å². The summed E-state index contributed by atoms with van der Waals surface area (Å²) in [5.74, 6) is 2.82. The zero-order valence-electron chi connectivity index (χ0n) is 19.2. The third-order valence-electron chi connectivity index (χ3n) is 9.90. The fourth-order valence-corrected chi connectivity index (χ4v) is 8.19. The molecule has 3 fully saturated rings. The summed E-state index contributed by atoms with van der Waals surface area (Å²) in [6.07, 6.45) is 16.0. The standard InChI is InChI=1S/C29H38O2/c1-28-17-15-22(30)19-21(28)11-12-23-24-13-14-26(29(24,2)18-16-25(23)28)27(31)10-6-9-20-7-4-3-5-8-20/h3-9,11,22-26,30H,10,12-19H2,1-2H3/b9-6+. The molecule has 31 heavy (non-hydrogen) atoms. The summed E-state index contributed by atoms with van der Waals surface area (Å²) < 4.78 is 0. The van der Waals surface area contributed by atoms with E-state index in [9.17, 15) is 9.90 Å². The quantitative estimate of drug-likeness (QED) is 0.559. The van der Waals surface area contributed by atoms with Gasteiger partial charge in [0.1, 0.15) is 5.78 Å². The van der Waals surface area contributed by atoms with Gasteiger partial charge in [-0.15, -0.1) is 0 Å². The van der Waals surface area contributed by atoms with Gasteiger partial charge in [-0.25, -0.2) is 0 Å². The van der Waals surface area contributed by atoms with Crippen molar-refractivity contribution in [3.05, 3.63) is 53.6 Å². The van der Waals surface area contributed by atoms with Crippen molar-refractivity contribution < 1.29 is 9.90 Å². The molecule has 2 heteroatoms. The van der Waals surface area contributed by atoms with Crippen molar-refractivity contribution in [1.29, 1.82) is 0 Å². The average molecular weight is 419 g/mol. The van der Waals surface area contributed by atoms with Crippen LogP contribution in [0.4, 0.5) is 0 Å². The molecule has 166 valence electrons. The Kier molecular flexibility index (Phi) is 5.49. The maximum absolute atomic E-state index is 13.3. The van der Waals surface area contributed by atoms with E-state index >= 15 is 0 Å². The van der Waals surface area contributed by atoms with Crippen molar-refractivity contribution in [2.24, 2.45) is 34.5 Å². The minimum absolute atomic E-state index is 0.137. The Morgan fingerprint density at radius 2 is 1.87 bits per heavy atom. The third-order valence-corrected chi connectivity index (χ3v) is 9.90. The maximum atomic E-state index is 13.3. The third kappa shape index (κ3) is 3.55. The number of aliphatic hydroxyl groups excluding tert-OH is 1. The highest BCUT2D eigenvalue weighted by atomic mass is 16.3. The second kappa shape index (κ2) is 8.03. The van der Waals surface area contributed by atoms with E-state index < -0.39 is 0 Å². The van der Waals surface area contributed by atoms with Crippen LogP contribution in [0.25, 0.3) is 6.08 Å². The van der Waals surface area contributed by atoms with Crippen LogP contribution in [0.5, 0.6) is 0 Å². The van der Waals surface area contributed by atoms with E-state index in [1.54, 1.807) is 0 Å². The monoisotopic (exact) mass is 418 g/mol. The molecule has 3 saturated carbocycles. The summed E-state index contributed by atoms with van der Waals surface area (Å²) in [6.45, 7) is 4.92. The van der Waals surface area contributed by atoms with Crippen LogP contribution in [0, 0.1) is 34.5 Å². The van der Waals surface area contributed by atoms with Gasteiger partial charge in [0, 0.05) is 12.3 Å². The molecule has 5 rings (SSSR count). The van der Waals surface area contributed by atoms with Crippen LogP contribution in [0.1, 0.15) is 77.2 Å². The number of ketones is 1. The van der Waals surface area contributed by atoms with Gasteiger partial charge >= 0.3 is 0 Å². The van der Waals surface area contributed by atoms with Crippen LogP contribution < -0.4 is 0 Å². The van der Waals surface area contributed by atoms with Gasteiger partial charge in [-0.3, -0.25) is 4.79 Å². The Hall–Kier alpha value is -1.67. The molecule has 7 unspecified atom stereocenters. The summed E-state index contributed by atoms with van der Waals surface area (Å²) in [7, 11) is 0. The Labute approximate surface area is 187 Å². The van der Waals surface area contributed by atoms with E-state index in [4.69, 9.17) is 0 Å². The number of benzene rings is 1. The van der Waals surface area contributed by atoms with Crippen LogP contribution in [-0.2, 0) is 4.79 Å². The predicted molar refractivity (Wildman–Crippen MR) is 126 cm³/mol. The molecule has 0 saturated heterocycles. The van der Waals surface area contributed by atoms with Crippen molar-refractivity contribution in [3.8, 4) is 0 Å². The van der Waals surface area contributed by atoms with Crippen LogP contribution >= 0.6 is 0 Å². The zero-order chi connectivity index (χ0) is 21.6. The first kappa shape index (κ1) is 21.2. The van der Waals surface area contributed by atoms with Crippen LogP contribution in [-0.4, -0.2) is 17.0 Å². The second-order valence-electron chi connectivity index (χ2n) is 11.3. The lowest BCUT2D eigenvalue weighted by Crippen LogP contribution is -2.51. The number of aliphatic hydroxyl groups is 1. The number of fused-ring (bicyclic) bond motifs is 5. The van der Waals surface area contributed by atoms with Gasteiger partial charge in [0.05, 0.1) is 6.10 Å². The first-order valence-electron chi connectivity index (χ1n) is 12.5. The van der Waals surface area contributed by atoms with Crippen molar-refractivity contribution in [2.75, 3.05) is 0 Å². The molecular weight excluding hydrogens is 380 g/mol. The molecule has 4 aliphatic rings. The predicted octanol–water partition coefficient (Wildman–Crippen LogP) is 6.60. The molecule has 0 amide bonds. The minimum Gasteiger partial charge on any atom is -0.393 e. The van der Waals surface area contributed by atoms with Crippen LogP contribution in [0.15, 0.2) is 48.1 Å². The Morgan fingerprint density at radius 3 is 2.68 bits per heavy atom. The number of hydrogen-bond donors (Lipinski definition) is 1. The average Bonchev–Trinajstić information content (AvgIpc) is 3.12. The van der Waals surface area contributed by atoms with Gasteiger partial charge in [-0.1, -0.05) is 68.0 Å². The molecule has 0 radical (unpaired) electrons. The van der Waals surface area contributed by atoms with Crippen molar-refractivity contribution in [3.63, 3.8) is 0 Å². The number of Topliss-reactive ketones (excluding diaryl/α,β-unsaturated/α-hetero) is 1. The molecule has 1 aromatic carbocycles. The molecule has 4 aliphatic carbocycles. The Bertz CT molecular complexity index is 883. The first-order chi connectivity index (χ1) is 14.9. The topological polar surface area (TPSA) is 37.3 Å². The van der Waals surface area contributed by atoms with E-state index in [1.165, 1.54) is 30.4 Å². The highest BCUT2D eigenvalue weighted by molar-refractivity contribution is 5.84. The van der Waals surface area contributed by atoms with Gasteiger partial charge < -0.3 is 5.11 Å². The first-order valence-corrected chi connectivity index (χ1v) is 12.5. The fourth-order valence-electron chi connectivity index (χ4n) is 8.19. The summed E-state index contributed by atoms with van der Waals surface area (Å²) in [5.41, 5.74) is 3.16. The van der Waals surface area contributed by atoms with Gasteiger partial charge in [0.2, 0.25) is 0 Å². The molecule has 7 atom stereocenters. The summed E-state index contributed by atoms with van der Waals surface area (Å²) in [4.78, 5) is 13.3. The molecule has 0 aliphatic heterocycles. The highest BCUT2D eigenvalue weighted by Gasteiger charge is 2.59. The lowest BCUT2D eigenvalue weighted by molar-refractivity contribution is -0.128. The number of rotatable bonds is 4. The summed E-state index contributed by atoms with van der Waals surface area (Å²) >= 11 is 0. The zero-order valence-corrected chi connectivity index (χ0v) is 19.2. The molecule has 1 aromatic rings. The summed E-state index contributed by atoms with van der Waals surface area (Å²) in [5, 5.41) is 10.2.